The standard InChI is InChI=1S/C22H23N3O5S.ClH/c1-24-18-7-5-4-6-16(18)17-14-15(8-9-19(17)24)31(27,28)25(12-13-26)20-10-11-21(29-2)23-22(20)30-3;/h4-11,14,26H,12-13H2,1-3H3;1H. The summed E-state index contributed by atoms with van der Waals surface area (Å²) in [5.41, 5.74) is 2.16. The van der Waals surface area contributed by atoms with Crippen LogP contribution in [0.1, 0.15) is 0 Å². The summed E-state index contributed by atoms with van der Waals surface area (Å²) in [6.07, 6.45) is 0. The quantitative estimate of drug-likeness (QED) is 0.438. The number of para-hydroxylation sites is 1. The van der Waals surface area contributed by atoms with Gasteiger partial charge in [-0.2, -0.15) is 4.98 Å². The third-order valence-corrected chi connectivity index (χ3v) is 7.07. The Hall–Kier alpha value is -3.01. The van der Waals surface area contributed by atoms with Gasteiger partial charge < -0.3 is 19.1 Å². The normalized spacial score (nSPS) is 11.4. The Labute approximate surface area is 192 Å². The number of sulfonamides is 1. The number of aryl methyl sites for hydroxylation is 1. The molecule has 1 N–H and O–H groups in total. The van der Waals surface area contributed by atoms with Crippen LogP contribution in [-0.2, 0) is 17.1 Å². The lowest BCUT2D eigenvalue weighted by atomic mass is 10.1. The lowest BCUT2D eigenvalue weighted by Gasteiger charge is -2.25. The van der Waals surface area contributed by atoms with Gasteiger partial charge in [0.25, 0.3) is 10.0 Å². The summed E-state index contributed by atoms with van der Waals surface area (Å²) < 4.78 is 40.8. The van der Waals surface area contributed by atoms with E-state index in [4.69, 9.17) is 9.47 Å². The van der Waals surface area contributed by atoms with Crippen molar-refractivity contribution >= 4 is 49.9 Å². The predicted octanol–water partition coefficient (Wildman–Crippen LogP) is 3.35. The average molecular weight is 478 g/mol. The second kappa shape index (κ2) is 9.23. The van der Waals surface area contributed by atoms with Gasteiger partial charge in [-0.25, -0.2) is 8.42 Å². The van der Waals surface area contributed by atoms with Crippen molar-refractivity contribution in [3.63, 3.8) is 0 Å². The van der Waals surface area contributed by atoms with Crippen LogP contribution >= 0.6 is 12.4 Å². The molecule has 2 aromatic carbocycles. The topological polar surface area (TPSA) is 93.9 Å². The first-order valence-corrected chi connectivity index (χ1v) is 11.1. The van der Waals surface area contributed by atoms with E-state index in [0.29, 0.717) is 5.88 Å². The van der Waals surface area contributed by atoms with E-state index in [1.165, 1.54) is 14.2 Å². The van der Waals surface area contributed by atoms with E-state index in [2.05, 4.69) is 4.98 Å². The summed E-state index contributed by atoms with van der Waals surface area (Å²) in [6, 6.07) is 16.0. The molecule has 4 rings (SSSR count). The van der Waals surface area contributed by atoms with Gasteiger partial charge in [-0.3, -0.25) is 4.31 Å². The Morgan fingerprint density at radius 1 is 1.00 bits per heavy atom. The molecule has 32 heavy (non-hydrogen) atoms. The Kier molecular flexibility index (Phi) is 6.82. The number of pyridine rings is 1. The minimum atomic E-state index is -4.02. The number of aromatic nitrogens is 2. The van der Waals surface area contributed by atoms with Crippen molar-refractivity contribution in [1.82, 2.24) is 9.55 Å². The molecule has 8 nitrogen and oxygen atoms in total. The fourth-order valence-corrected chi connectivity index (χ4v) is 5.25. The van der Waals surface area contributed by atoms with Crippen LogP contribution in [0.25, 0.3) is 21.8 Å². The fraction of sp³-hybridized carbons (Fsp3) is 0.227. The minimum absolute atomic E-state index is 0. The van der Waals surface area contributed by atoms with E-state index in [1.54, 1.807) is 30.3 Å². The first-order chi connectivity index (χ1) is 14.9. The van der Waals surface area contributed by atoms with Crippen LogP contribution < -0.4 is 13.8 Å². The molecule has 170 valence electrons. The van der Waals surface area contributed by atoms with Crippen LogP contribution in [0, 0.1) is 0 Å². The number of hydrogen-bond acceptors (Lipinski definition) is 6. The predicted molar refractivity (Wildman–Crippen MR) is 127 cm³/mol. The first-order valence-electron chi connectivity index (χ1n) is 9.62. The number of methoxy groups -OCH3 is 2. The molecule has 0 unspecified atom stereocenters. The minimum Gasteiger partial charge on any atom is -0.481 e. The number of benzene rings is 2. The average Bonchev–Trinajstić information content (AvgIpc) is 3.09. The van der Waals surface area contributed by atoms with E-state index in [0.717, 1.165) is 26.1 Å². The largest absolute Gasteiger partial charge is 0.481 e. The molecule has 0 aliphatic carbocycles. The van der Waals surface area contributed by atoms with Crippen molar-refractivity contribution in [3.8, 4) is 11.8 Å². The molecule has 0 radical (unpaired) electrons. The number of ether oxygens (including phenoxy) is 2. The summed E-state index contributed by atoms with van der Waals surface area (Å²) in [5.74, 6) is 0.377. The first kappa shape index (κ1) is 23.6. The number of aliphatic hydroxyl groups is 1. The molecule has 4 aromatic rings. The molecule has 0 saturated heterocycles. The number of anilines is 1. The van der Waals surface area contributed by atoms with Crippen molar-refractivity contribution < 1.29 is 23.0 Å². The highest BCUT2D eigenvalue weighted by Gasteiger charge is 2.28. The number of nitrogens with zero attached hydrogens (tertiary/aromatic N) is 3. The molecule has 2 aromatic heterocycles. The summed E-state index contributed by atoms with van der Waals surface area (Å²) in [6.45, 7) is -0.523. The molecular formula is C22H24ClN3O5S. The monoisotopic (exact) mass is 477 g/mol. The SMILES string of the molecule is COc1ccc(N(CCO)S(=O)(=O)c2ccc3c(c2)c2ccccc2n3C)c(OC)n1.Cl. The Morgan fingerprint density at radius 2 is 1.72 bits per heavy atom. The summed E-state index contributed by atoms with van der Waals surface area (Å²) >= 11 is 0. The molecule has 10 heteroatoms. The van der Waals surface area contributed by atoms with Crippen LogP contribution in [-0.4, -0.2) is 50.4 Å². The summed E-state index contributed by atoms with van der Waals surface area (Å²) in [4.78, 5) is 4.29. The van der Waals surface area contributed by atoms with Gasteiger partial charge in [-0.05, 0) is 30.3 Å². The molecule has 0 saturated carbocycles. The van der Waals surface area contributed by atoms with Gasteiger partial charge in [-0.1, -0.05) is 18.2 Å². The van der Waals surface area contributed by atoms with Crippen LogP contribution in [0.15, 0.2) is 59.5 Å². The van der Waals surface area contributed by atoms with Crippen molar-refractivity contribution in [1.29, 1.82) is 0 Å². The lowest BCUT2D eigenvalue weighted by Crippen LogP contribution is -2.34. The van der Waals surface area contributed by atoms with Gasteiger partial charge >= 0.3 is 0 Å². The lowest BCUT2D eigenvalue weighted by molar-refractivity contribution is 0.306. The molecule has 2 heterocycles. The molecule has 0 fully saturated rings. The van der Waals surface area contributed by atoms with Crippen LogP contribution in [0.3, 0.4) is 0 Å². The zero-order valence-corrected chi connectivity index (χ0v) is 19.5. The molecule has 0 atom stereocenters. The molecule has 0 bridgehead atoms. The van der Waals surface area contributed by atoms with Crippen molar-refractivity contribution in [3.05, 3.63) is 54.6 Å². The Morgan fingerprint density at radius 3 is 2.41 bits per heavy atom. The van der Waals surface area contributed by atoms with Gasteiger partial charge in [0.2, 0.25) is 11.8 Å². The Balaban J connectivity index is 0.00000289. The van der Waals surface area contributed by atoms with Crippen molar-refractivity contribution in [2.75, 3.05) is 31.7 Å². The number of hydrogen-bond donors (Lipinski definition) is 1. The highest BCUT2D eigenvalue weighted by molar-refractivity contribution is 7.92. The van der Waals surface area contributed by atoms with E-state index in [-0.39, 0.29) is 42.0 Å². The number of rotatable bonds is 7. The van der Waals surface area contributed by atoms with Crippen molar-refractivity contribution in [2.45, 2.75) is 4.90 Å². The van der Waals surface area contributed by atoms with Crippen LogP contribution in [0.2, 0.25) is 0 Å². The molecular weight excluding hydrogens is 454 g/mol. The second-order valence-electron chi connectivity index (χ2n) is 6.94. The molecule has 0 aliphatic heterocycles. The zero-order chi connectivity index (χ0) is 22.2. The molecule has 0 aliphatic rings. The van der Waals surface area contributed by atoms with Gasteiger partial charge in [0.05, 0.1) is 32.3 Å². The maximum absolute atomic E-state index is 13.6. The third-order valence-electron chi connectivity index (χ3n) is 5.26. The van der Waals surface area contributed by atoms with Crippen LogP contribution in [0.4, 0.5) is 5.69 Å². The highest BCUT2D eigenvalue weighted by atomic mass is 35.5. The van der Waals surface area contributed by atoms with Gasteiger partial charge in [0.1, 0.15) is 5.69 Å². The highest BCUT2D eigenvalue weighted by Crippen LogP contribution is 2.35. The van der Waals surface area contributed by atoms with Crippen molar-refractivity contribution in [2.24, 2.45) is 7.05 Å². The Bertz CT molecular complexity index is 1370. The van der Waals surface area contributed by atoms with E-state index in [9.17, 15) is 13.5 Å². The summed E-state index contributed by atoms with van der Waals surface area (Å²) in [7, 11) is 0.795. The van der Waals surface area contributed by atoms with Gasteiger partial charge in [0.15, 0.2) is 0 Å². The number of fused-ring (bicyclic) bond motifs is 3. The zero-order valence-electron chi connectivity index (χ0n) is 17.8. The number of halogens is 1. The number of aliphatic hydroxyl groups excluding tert-OH is 1. The van der Waals surface area contributed by atoms with Gasteiger partial charge in [-0.15, -0.1) is 12.4 Å². The van der Waals surface area contributed by atoms with E-state index in [1.807, 2.05) is 35.9 Å². The molecule has 0 spiro atoms. The third kappa shape index (κ3) is 3.83. The van der Waals surface area contributed by atoms with Crippen LogP contribution in [0.5, 0.6) is 11.8 Å². The maximum atomic E-state index is 13.6. The second-order valence-corrected chi connectivity index (χ2v) is 8.80. The van der Waals surface area contributed by atoms with E-state index < -0.39 is 10.0 Å². The van der Waals surface area contributed by atoms with E-state index >= 15 is 0 Å². The smallest absolute Gasteiger partial charge is 0.264 e. The van der Waals surface area contributed by atoms with Gasteiger partial charge in [0, 0.05) is 34.9 Å². The maximum Gasteiger partial charge on any atom is 0.264 e. The summed E-state index contributed by atoms with van der Waals surface area (Å²) in [5, 5.41) is 11.4. The molecule has 0 amide bonds. The fourth-order valence-electron chi connectivity index (χ4n) is 3.77.